The van der Waals surface area contributed by atoms with Crippen molar-refractivity contribution in [1.29, 1.82) is 5.26 Å². The Morgan fingerprint density at radius 2 is 2.04 bits per heavy atom. The molecule has 1 amide bonds. The molecule has 5 nitrogen and oxygen atoms in total. The summed E-state index contributed by atoms with van der Waals surface area (Å²) in [6.07, 6.45) is 3.61. The minimum absolute atomic E-state index is 0.146. The predicted octanol–water partition coefficient (Wildman–Crippen LogP) is 4.75. The molecule has 1 N–H and O–H groups in total. The van der Waals surface area contributed by atoms with Crippen LogP contribution in [0, 0.1) is 11.3 Å². The molecule has 0 aliphatic carbocycles. The predicted molar refractivity (Wildman–Crippen MR) is 109 cm³/mol. The van der Waals surface area contributed by atoms with Crippen molar-refractivity contribution in [1.82, 2.24) is 0 Å². The highest BCUT2D eigenvalue weighted by Crippen LogP contribution is 2.31. The van der Waals surface area contributed by atoms with E-state index in [1.165, 1.54) is 6.08 Å². The van der Waals surface area contributed by atoms with Crippen LogP contribution in [0.5, 0.6) is 11.5 Å². The SMILES string of the molecule is COc1ccc(/C=C/C(=O)Nc2ccccc2SC(C)CC#N)c(OC)c1. The van der Waals surface area contributed by atoms with Crippen molar-refractivity contribution in [2.45, 2.75) is 23.5 Å². The van der Waals surface area contributed by atoms with Crippen LogP contribution >= 0.6 is 11.8 Å². The number of anilines is 1. The van der Waals surface area contributed by atoms with E-state index in [0.29, 0.717) is 17.9 Å². The second-order valence-corrected chi connectivity index (χ2v) is 7.20. The molecule has 6 heteroatoms. The van der Waals surface area contributed by atoms with Crippen LogP contribution in [0.25, 0.3) is 6.08 Å². The second-order valence-electron chi connectivity index (χ2n) is 5.72. The molecule has 0 aliphatic heterocycles. The number of thioether (sulfide) groups is 1. The smallest absolute Gasteiger partial charge is 0.248 e. The highest BCUT2D eigenvalue weighted by molar-refractivity contribution is 8.00. The number of ether oxygens (including phenoxy) is 2. The molecule has 0 fully saturated rings. The largest absolute Gasteiger partial charge is 0.497 e. The molecule has 0 aromatic heterocycles. The zero-order valence-electron chi connectivity index (χ0n) is 15.6. The summed E-state index contributed by atoms with van der Waals surface area (Å²) in [7, 11) is 3.16. The average molecular weight is 382 g/mol. The number of benzene rings is 2. The lowest BCUT2D eigenvalue weighted by Gasteiger charge is -2.12. The van der Waals surface area contributed by atoms with E-state index in [2.05, 4.69) is 11.4 Å². The Balaban J connectivity index is 2.10. The lowest BCUT2D eigenvalue weighted by atomic mass is 10.1. The first-order chi connectivity index (χ1) is 13.1. The first-order valence-electron chi connectivity index (χ1n) is 8.41. The number of para-hydroxylation sites is 1. The van der Waals surface area contributed by atoms with Gasteiger partial charge >= 0.3 is 0 Å². The third-order valence-electron chi connectivity index (χ3n) is 3.71. The van der Waals surface area contributed by atoms with Crippen molar-refractivity contribution < 1.29 is 14.3 Å². The first-order valence-corrected chi connectivity index (χ1v) is 9.29. The lowest BCUT2D eigenvalue weighted by Crippen LogP contribution is -2.09. The quantitative estimate of drug-likeness (QED) is 0.527. The fourth-order valence-corrected chi connectivity index (χ4v) is 3.35. The maximum absolute atomic E-state index is 12.3. The van der Waals surface area contributed by atoms with Crippen molar-refractivity contribution in [2.75, 3.05) is 19.5 Å². The summed E-state index contributed by atoms with van der Waals surface area (Å²) in [6, 6.07) is 15.1. The van der Waals surface area contributed by atoms with Crippen molar-refractivity contribution in [3.05, 3.63) is 54.1 Å². The molecule has 2 aromatic carbocycles. The molecule has 1 unspecified atom stereocenters. The van der Waals surface area contributed by atoms with Gasteiger partial charge in [0.05, 0.1) is 26.0 Å². The molecule has 0 saturated heterocycles. The third kappa shape index (κ3) is 6.08. The highest BCUT2D eigenvalue weighted by Gasteiger charge is 2.10. The Morgan fingerprint density at radius 3 is 2.74 bits per heavy atom. The van der Waals surface area contributed by atoms with E-state index in [4.69, 9.17) is 14.7 Å². The molecular weight excluding hydrogens is 360 g/mol. The Kier molecular flexibility index (Phi) is 7.78. The van der Waals surface area contributed by atoms with Gasteiger partial charge in [0.1, 0.15) is 11.5 Å². The van der Waals surface area contributed by atoms with E-state index in [0.717, 1.165) is 16.1 Å². The highest BCUT2D eigenvalue weighted by atomic mass is 32.2. The third-order valence-corrected chi connectivity index (χ3v) is 4.89. The number of nitriles is 1. The van der Waals surface area contributed by atoms with Gasteiger partial charge in [0, 0.05) is 34.3 Å². The fourth-order valence-electron chi connectivity index (χ4n) is 2.36. The van der Waals surface area contributed by atoms with Crippen molar-refractivity contribution in [3.63, 3.8) is 0 Å². The average Bonchev–Trinajstić information content (AvgIpc) is 2.68. The summed E-state index contributed by atoms with van der Waals surface area (Å²) >= 11 is 1.57. The zero-order valence-corrected chi connectivity index (χ0v) is 16.4. The molecule has 2 aromatic rings. The van der Waals surface area contributed by atoms with Gasteiger partial charge in [0.15, 0.2) is 0 Å². The van der Waals surface area contributed by atoms with Gasteiger partial charge < -0.3 is 14.8 Å². The van der Waals surface area contributed by atoms with Gasteiger partial charge in [-0.3, -0.25) is 4.79 Å². The molecule has 0 aliphatic rings. The van der Waals surface area contributed by atoms with Gasteiger partial charge in [-0.2, -0.15) is 5.26 Å². The molecule has 0 heterocycles. The number of nitrogens with zero attached hydrogens (tertiary/aromatic N) is 1. The van der Waals surface area contributed by atoms with Crippen molar-refractivity contribution >= 4 is 29.4 Å². The first kappa shape index (κ1) is 20.4. The monoisotopic (exact) mass is 382 g/mol. The molecule has 0 spiro atoms. The Hall–Kier alpha value is -2.91. The Morgan fingerprint density at radius 1 is 1.26 bits per heavy atom. The van der Waals surface area contributed by atoms with Gasteiger partial charge in [-0.25, -0.2) is 0 Å². The number of carbonyl (C=O) groups excluding carboxylic acids is 1. The second kappa shape index (κ2) is 10.3. The maximum Gasteiger partial charge on any atom is 0.248 e. The summed E-state index contributed by atoms with van der Waals surface area (Å²) in [5.41, 5.74) is 1.50. The van der Waals surface area contributed by atoms with Gasteiger partial charge in [-0.05, 0) is 30.3 Å². The molecule has 140 valence electrons. The molecular formula is C21H22N2O3S. The molecule has 2 rings (SSSR count). The van der Waals surface area contributed by atoms with Gasteiger partial charge in [-0.1, -0.05) is 19.1 Å². The van der Waals surface area contributed by atoms with Crippen LogP contribution in [0.3, 0.4) is 0 Å². The number of carbonyl (C=O) groups is 1. The summed E-state index contributed by atoms with van der Waals surface area (Å²) in [6.45, 7) is 1.99. The van der Waals surface area contributed by atoms with Crippen LogP contribution in [-0.2, 0) is 4.79 Å². The molecule has 0 radical (unpaired) electrons. The summed E-state index contributed by atoms with van der Waals surface area (Å²) in [5.74, 6) is 1.07. The number of rotatable bonds is 8. The summed E-state index contributed by atoms with van der Waals surface area (Å²) in [4.78, 5) is 13.3. The lowest BCUT2D eigenvalue weighted by molar-refractivity contribution is -0.111. The van der Waals surface area contributed by atoms with E-state index in [1.807, 2.05) is 43.3 Å². The number of amides is 1. The van der Waals surface area contributed by atoms with Crippen LogP contribution in [0.4, 0.5) is 5.69 Å². The zero-order chi connectivity index (χ0) is 19.6. The van der Waals surface area contributed by atoms with Crippen LogP contribution in [0.2, 0.25) is 0 Å². The number of hydrogen-bond donors (Lipinski definition) is 1. The van der Waals surface area contributed by atoms with E-state index in [-0.39, 0.29) is 11.2 Å². The van der Waals surface area contributed by atoms with E-state index < -0.39 is 0 Å². The number of hydrogen-bond acceptors (Lipinski definition) is 5. The van der Waals surface area contributed by atoms with Crippen molar-refractivity contribution in [2.24, 2.45) is 0 Å². The van der Waals surface area contributed by atoms with Crippen LogP contribution in [0.15, 0.2) is 53.4 Å². The van der Waals surface area contributed by atoms with Crippen molar-refractivity contribution in [3.8, 4) is 17.6 Å². The number of nitrogens with one attached hydrogen (secondary N) is 1. The van der Waals surface area contributed by atoms with Crippen LogP contribution in [-0.4, -0.2) is 25.4 Å². The fraction of sp³-hybridized carbons (Fsp3) is 0.238. The Bertz CT molecular complexity index is 859. The van der Waals surface area contributed by atoms with E-state index >= 15 is 0 Å². The topological polar surface area (TPSA) is 71.3 Å². The van der Waals surface area contributed by atoms with Gasteiger partial charge in [0.25, 0.3) is 0 Å². The summed E-state index contributed by atoms with van der Waals surface area (Å²) < 4.78 is 10.5. The van der Waals surface area contributed by atoms with Gasteiger partial charge in [-0.15, -0.1) is 11.8 Å². The summed E-state index contributed by atoms with van der Waals surface area (Å²) in [5, 5.41) is 11.9. The Labute approximate surface area is 164 Å². The minimum Gasteiger partial charge on any atom is -0.497 e. The molecule has 27 heavy (non-hydrogen) atoms. The molecule has 0 saturated carbocycles. The van der Waals surface area contributed by atoms with E-state index in [1.54, 1.807) is 38.1 Å². The van der Waals surface area contributed by atoms with Crippen LogP contribution in [0.1, 0.15) is 18.9 Å². The maximum atomic E-state index is 12.3. The molecule has 1 atom stereocenters. The molecule has 0 bridgehead atoms. The standard InChI is InChI=1S/C21H22N2O3S/c1-15(12-13-22)27-20-7-5-4-6-18(20)23-21(24)11-9-16-8-10-17(25-2)14-19(16)26-3/h4-11,14-15H,12H2,1-3H3,(H,23,24)/b11-9+. The normalized spacial score (nSPS) is 11.6. The number of methoxy groups -OCH3 is 2. The van der Waals surface area contributed by atoms with Crippen LogP contribution < -0.4 is 14.8 Å². The van der Waals surface area contributed by atoms with E-state index in [9.17, 15) is 4.79 Å². The minimum atomic E-state index is -0.242. The van der Waals surface area contributed by atoms with Gasteiger partial charge in [0.2, 0.25) is 5.91 Å².